The second-order valence-corrected chi connectivity index (χ2v) is 17.6. The molecule has 0 bridgehead atoms. The first kappa shape index (κ1) is 43.4. The Morgan fingerprint density at radius 2 is 0.379 bits per heavy atom. The number of aryl methyl sites for hydroxylation is 8. The summed E-state index contributed by atoms with van der Waals surface area (Å²) < 4.78 is 0. The molecule has 4 nitrogen and oxygen atoms in total. The Labute approximate surface area is 392 Å². The maximum Gasteiger partial charge on any atom is 0.0495 e. The minimum absolute atomic E-state index is 1.12. The molecule has 0 aliphatic heterocycles. The van der Waals surface area contributed by atoms with Gasteiger partial charge in [0.15, 0.2) is 0 Å². The van der Waals surface area contributed by atoms with Crippen molar-refractivity contribution < 1.29 is 0 Å². The average Bonchev–Trinajstić information content (AvgIpc) is 3.33. The first-order valence-electron chi connectivity index (χ1n) is 22.9. The lowest BCUT2D eigenvalue weighted by Crippen LogP contribution is -2.18. The Hall–Kier alpha value is -7.82. The van der Waals surface area contributed by atoms with Crippen molar-refractivity contribution in [2.24, 2.45) is 0 Å². The van der Waals surface area contributed by atoms with E-state index < -0.39 is 0 Å². The third kappa shape index (κ3) is 8.71. The van der Waals surface area contributed by atoms with Crippen LogP contribution in [0, 0.1) is 55.4 Å². The third-order valence-electron chi connectivity index (χ3n) is 12.6. The van der Waals surface area contributed by atoms with E-state index >= 15 is 0 Å². The number of rotatable bonds is 12. The lowest BCUT2D eigenvalue weighted by atomic mass is 9.98. The lowest BCUT2D eigenvalue weighted by Gasteiger charge is -2.35. The fraction of sp³-hybridized carbons (Fsp3) is 0.129. The summed E-state index contributed by atoms with van der Waals surface area (Å²) in [5, 5.41) is 0. The summed E-state index contributed by atoms with van der Waals surface area (Å²) in [5.74, 6) is 0. The fourth-order valence-electron chi connectivity index (χ4n) is 9.17. The van der Waals surface area contributed by atoms with E-state index in [4.69, 9.17) is 0 Å². The van der Waals surface area contributed by atoms with E-state index in [0.29, 0.717) is 0 Å². The van der Waals surface area contributed by atoms with Crippen LogP contribution >= 0.6 is 0 Å². The first-order chi connectivity index (χ1) is 32.0. The average molecular weight is 859 g/mol. The molecule has 0 aliphatic carbocycles. The molecule has 0 aliphatic rings. The van der Waals surface area contributed by atoms with Crippen molar-refractivity contribution in [2.45, 2.75) is 55.4 Å². The Morgan fingerprint density at radius 3 is 0.591 bits per heavy atom. The molecule has 0 N–H and O–H groups in total. The second kappa shape index (κ2) is 18.7. The quantitative estimate of drug-likeness (QED) is 0.121. The highest BCUT2D eigenvalue weighted by Gasteiger charge is 2.26. The van der Waals surface area contributed by atoms with Crippen LogP contribution in [0.25, 0.3) is 0 Å². The standard InChI is InChI=1S/C62H58N4/c1-43-29-33-55(34-30-43)64(53-25-17-11-18-26-53)58-38-49(7)61(41-46(58)4)66(60-40-45(3)57(37-48(60)6)63(51-21-13-9-14-22-51)52-23-15-10-16-24-52)62-42-47(5)59(39-50(62)8)65(54-27-19-12-20-28-54)56-35-31-44(2)32-36-56/h9-42H,1-8H3. The molecule has 66 heavy (non-hydrogen) atoms. The monoisotopic (exact) mass is 858 g/mol. The van der Waals surface area contributed by atoms with Gasteiger partial charge < -0.3 is 19.6 Å². The normalized spacial score (nSPS) is 11.0. The van der Waals surface area contributed by atoms with Gasteiger partial charge in [0.05, 0.1) is 0 Å². The maximum absolute atomic E-state index is 2.51. The van der Waals surface area contributed by atoms with E-state index in [1.165, 1.54) is 44.5 Å². The molecular formula is C62H58N4. The molecule has 326 valence electrons. The summed E-state index contributed by atoms with van der Waals surface area (Å²) in [4.78, 5) is 9.65. The number of para-hydroxylation sites is 4. The summed E-state index contributed by atoms with van der Waals surface area (Å²) in [6, 6.07) is 74.8. The van der Waals surface area contributed by atoms with E-state index in [1.54, 1.807) is 0 Å². The maximum atomic E-state index is 2.51. The minimum atomic E-state index is 1.12. The van der Waals surface area contributed by atoms with Gasteiger partial charge in [0.1, 0.15) is 0 Å². The van der Waals surface area contributed by atoms with Gasteiger partial charge in [-0.3, -0.25) is 0 Å². The highest BCUT2D eigenvalue weighted by molar-refractivity contribution is 5.90. The highest BCUT2D eigenvalue weighted by Crippen LogP contribution is 2.49. The summed E-state index contributed by atoms with van der Waals surface area (Å²) in [5.41, 5.74) is 23.1. The molecule has 0 unspecified atom stereocenters. The summed E-state index contributed by atoms with van der Waals surface area (Å²) >= 11 is 0. The summed E-state index contributed by atoms with van der Waals surface area (Å²) in [6.45, 7) is 17.8. The van der Waals surface area contributed by atoms with Gasteiger partial charge in [-0.1, -0.05) is 108 Å². The van der Waals surface area contributed by atoms with Crippen molar-refractivity contribution in [2.75, 3.05) is 19.6 Å². The zero-order chi connectivity index (χ0) is 45.9. The van der Waals surface area contributed by atoms with E-state index in [0.717, 1.165) is 68.2 Å². The molecule has 0 fully saturated rings. The molecular weight excluding hydrogens is 801 g/mol. The highest BCUT2D eigenvalue weighted by atomic mass is 15.2. The van der Waals surface area contributed by atoms with Crippen molar-refractivity contribution >= 4 is 68.2 Å². The van der Waals surface area contributed by atoms with Crippen LogP contribution in [0.1, 0.15) is 44.5 Å². The number of nitrogens with zero attached hydrogens (tertiary/aromatic N) is 4. The molecule has 9 aromatic rings. The van der Waals surface area contributed by atoms with Gasteiger partial charge >= 0.3 is 0 Å². The lowest BCUT2D eigenvalue weighted by molar-refractivity contribution is 1.15. The van der Waals surface area contributed by atoms with Gasteiger partial charge in [-0.15, -0.1) is 0 Å². The molecule has 0 atom stereocenters. The molecule has 0 radical (unpaired) electrons. The molecule has 0 amide bonds. The zero-order valence-corrected chi connectivity index (χ0v) is 39.4. The molecule has 0 spiro atoms. The van der Waals surface area contributed by atoms with Crippen LogP contribution in [0.4, 0.5) is 68.2 Å². The first-order valence-corrected chi connectivity index (χ1v) is 22.9. The van der Waals surface area contributed by atoms with Crippen LogP contribution in [0.15, 0.2) is 206 Å². The largest absolute Gasteiger partial charge is 0.310 e. The summed E-state index contributed by atoms with van der Waals surface area (Å²) in [7, 11) is 0. The molecule has 9 aromatic carbocycles. The van der Waals surface area contributed by atoms with Crippen molar-refractivity contribution in [1.82, 2.24) is 0 Å². The van der Waals surface area contributed by atoms with Crippen molar-refractivity contribution in [3.8, 4) is 0 Å². The van der Waals surface area contributed by atoms with Gasteiger partial charge in [-0.25, -0.2) is 0 Å². The molecule has 4 heteroatoms. The van der Waals surface area contributed by atoms with Crippen LogP contribution in [-0.4, -0.2) is 0 Å². The van der Waals surface area contributed by atoms with Crippen LogP contribution in [0.2, 0.25) is 0 Å². The Morgan fingerprint density at radius 1 is 0.197 bits per heavy atom. The van der Waals surface area contributed by atoms with Crippen LogP contribution in [-0.2, 0) is 0 Å². The number of benzene rings is 9. The van der Waals surface area contributed by atoms with Gasteiger partial charge in [-0.05, 0) is 198 Å². The third-order valence-corrected chi connectivity index (χ3v) is 12.6. The van der Waals surface area contributed by atoms with Crippen LogP contribution in [0.3, 0.4) is 0 Å². The van der Waals surface area contributed by atoms with E-state index in [9.17, 15) is 0 Å². The van der Waals surface area contributed by atoms with Crippen LogP contribution < -0.4 is 19.6 Å². The van der Waals surface area contributed by atoms with Crippen molar-refractivity contribution in [3.63, 3.8) is 0 Å². The zero-order valence-electron chi connectivity index (χ0n) is 39.4. The van der Waals surface area contributed by atoms with E-state index in [-0.39, 0.29) is 0 Å². The van der Waals surface area contributed by atoms with E-state index in [1.807, 2.05) is 0 Å². The smallest absolute Gasteiger partial charge is 0.0495 e. The van der Waals surface area contributed by atoms with Gasteiger partial charge in [0, 0.05) is 68.2 Å². The predicted molar refractivity (Wildman–Crippen MR) is 283 cm³/mol. The molecule has 0 heterocycles. The van der Waals surface area contributed by atoms with Gasteiger partial charge in [0.2, 0.25) is 0 Å². The fourth-order valence-corrected chi connectivity index (χ4v) is 9.17. The van der Waals surface area contributed by atoms with Crippen molar-refractivity contribution in [3.05, 3.63) is 251 Å². The van der Waals surface area contributed by atoms with Crippen LogP contribution in [0.5, 0.6) is 0 Å². The van der Waals surface area contributed by atoms with Gasteiger partial charge in [-0.2, -0.15) is 0 Å². The van der Waals surface area contributed by atoms with Gasteiger partial charge in [0.25, 0.3) is 0 Å². The number of anilines is 12. The minimum Gasteiger partial charge on any atom is -0.310 e. The molecule has 0 saturated carbocycles. The molecule has 0 saturated heterocycles. The van der Waals surface area contributed by atoms with Crippen molar-refractivity contribution in [1.29, 1.82) is 0 Å². The predicted octanol–water partition coefficient (Wildman–Crippen LogP) is 18.0. The number of hydrogen-bond donors (Lipinski definition) is 0. The second-order valence-electron chi connectivity index (χ2n) is 17.6. The Kier molecular flexibility index (Phi) is 12.3. The molecule has 0 aromatic heterocycles. The van der Waals surface area contributed by atoms with E-state index in [2.05, 4.69) is 281 Å². The topological polar surface area (TPSA) is 13.0 Å². The Balaban J connectivity index is 1.25. The number of hydrogen-bond acceptors (Lipinski definition) is 4. The summed E-state index contributed by atoms with van der Waals surface area (Å²) in [6.07, 6.45) is 0. The Bertz CT molecular complexity index is 2910. The SMILES string of the molecule is Cc1ccc(N(c2ccccc2)c2cc(C)c(N(c3cc(C)c(N(c4ccccc4)c4ccccc4)cc3C)c3cc(C)c(N(c4ccccc4)c4ccc(C)cc4)cc3C)cc2C)cc1. The molecule has 9 rings (SSSR count).